The number of nitrogens with two attached hydrogens (primary N) is 1. The highest BCUT2D eigenvalue weighted by Crippen LogP contribution is 2.30. The van der Waals surface area contributed by atoms with Crippen LogP contribution in [0.25, 0.3) is 0 Å². The van der Waals surface area contributed by atoms with Gasteiger partial charge < -0.3 is 10.6 Å². The summed E-state index contributed by atoms with van der Waals surface area (Å²) in [6.07, 6.45) is 2.12. The minimum Gasteiger partial charge on any atom is -0.398 e. The van der Waals surface area contributed by atoms with Gasteiger partial charge in [0.15, 0.2) is 0 Å². The van der Waals surface area contributed by atoms with Crippen molar-refractivity contribution >= 4 is 27.3 Å². The Balaban J connectivity index is 1.84. The predicted molar refractivity (Wildman–Crippen MR) is 83.9 cm³/mol. The first-order chi connectivity index (χ1) is 9.87. The maximum atomic E-state index is 12.5. The molecule has 1 aromatic carbocycles. The Kier molecular flexibility index (Phi) is 3.90. The van der Waals surface area contributed by atoms with Gasteiger partial charge in [0.25, 0.3) is 0 Å². The van der Waals surface area contributed by atoms with Crippen LogP contribution in [0.2, 0.25) is 5.02 Å². The molecule has 3 aliphatic heterocycles. The number of rotatable bonds is 3. The van der Waals surface area contributed by atoms with Crippen LogP contribution in [0.5, 0.6) is 0 Å². The monoisotopic (exact) mass is 329 g/mol. The first kappa shape index (κ1) is 15.1. The van der Waals surface area contributed by atoms with Gasteiger partial charge in [0.1, 0.15) is 0 Å². The largest absolute Gasteiger partial charge is 0.398 e. The molecule has 1 unspecified atom stereocenters. The van der Waals surface area contributed by atoms with Gasteiger partial charge >= 0.3 is 0 Å². The molecule has 0 aliphatic carbocycles. The molecule has 2 bridgehead atoms. The van der Waals surface area contributed by atoms with Gasteiger partial charge in [0, 0.05) is 23.3 Å². The molecule has 0 saturated carbocycles. The highest BCUT2D eigenvalue weighted by atomic mass is 35.5. The summed E-state index contributed by atoms with van der Waals surface area (Å²) in [5.74, 6) is 0.433. The number of nitrogen functional groups attached to an aromatic ring is 1. The average Bonchev–Trinajstić information content (AvgIpc) is 2.45. The van der Waals surface area contributed by atoms with Crippen molar-refractivity contribution in [3.63, 3.8) is 0 Å². The molecule has 1 atom stereocenters. The fraction of sp³-hybridized carbons (Fsp3) is 0.571. The number of hydrogen-bond donors (Lipinski definition) is 2. The van der Waals surface area contributed by atoms with E-state index in [2.05, 4.69) is 9.62 Å². The van der Waals surface area contributed by atoms with E-state index >= 15 is 0 Å². The Morgan fingerprint density at radius 2 is 2.00 bits per heavy atom. The van der Waals surface area contributed by atoms with Crippen molar-refractivity contribution in [2.45, 2.75) is 30.7 Å². The second-order valence-corrected chi connectivity index (χ2v) is 8.11. The molecule has 3 aliphatic rings. The number of sulfonamides is 1. The number of piperidine rings is 3. The Bertz CT molecular complexity index is 631. The smallest absolute Gasteiger partial charge is 0.240 e. The highest BCUT2D eigenvalue weighted by Gasteiger charge is 2.36. The average molecular weight is 330 g/mol. The summed E-state index contributed by atoms with van der Waals surface area (Å²) in [5.41, 5.74) is 6.93. The summed E-state index contributed by atoms with van der Waals surface area (Å²) in [6, 6.07) is 2.93. The fourth-order valence-electron chi connectivity index (χ4n) is 3.20. The van der Waals surface area contributed by atoms with Crippen LogP contribution >= 0.6 is 11.6 Å². The van der Waals surface area contributed by atoms with Crippen molar-refractivity contribution in [3.05, 3.63) is 22.7 Å². The molecule has 7 heteroatoms. The van der Waals surface area contributed by atoms with Gasteiger partial charge in [-0.05, 0) is 56.5 Å². The van der Waals surface area contributed by atoms with Crippen LogP contribution in [-0.2, 0) is 10.0 Å². The van der Waals surface area contributed by atoms with Crippen LogP contribution in [0.15, 0.2) is 17.0 Å². The number of halogens is 1. The topological polar surface area (TPSA) is 75.4 Å². The molecular weight excluding hydrogens is 310 g/mol. The van der Waals surface area contributed by atoms with Crippen LogP contribution in [0.3, 0.4) is 0 Å². The molecule has 5 nitrogen and oxygen atoms in total. The summed E-state index contributed by atoms with van der Waals surface area (Å²) in [4.78, 5) is 2.45. The van der Waals surface area contributed by atoms with Crippen LogP contribution < -0.4 is 10.5 Å². The normalized spacial score (nSPS) is 28.8. The third-order valence-corrected chi connectivity index (χ3v) is 6.49. The van der Waals surface area contributed by atoms with E-state index in [0.29, 0.717) is 22.2 Å². The minimum atomic E-state index is -3.59. The molecular formula is C14H20ClN3O2S. The number of benzene rings is 1. The molecule has 0 amide bonds. The van der Waals surface area contributed by atoms with Crippen molar-refractivity contribution in [3.8, 4) is 0 Å². The fourth-order valence-corrected chi connectivity index (χ4v) is 4.84. The van der Waals surface area contributed by atoms with Crippen molar-refractivity contribution in [1.29, 1.82) is 0 Å². The van der Waals surface area contributed by atoms with Crippen molar-refractivity contribution in [2.75, 3.05) is 25.4 Å². The number of nitrogens with zero attached hydrogens (tertiary/aromatic N) is 1. The van der Waals surface area contributed by atoms with E-state index in [1.54, 1.807) is 6.92 Å². The Morgan fingerprint density at radius 3 is 2.52 bits per heavy atom. The number of hydrogen-bond acceptors (Lipinski definition) is 4. The van der Waals surface area contributed by atoms with E-state index in [4.69, 9.17) is 17.3 Å². The van der Waals surface area contributed by atoms with E-state index < -0.39 is 10.0 Å². The maximum absolute atomic E-state index is 12.5. The lowest BCUT2D eigenvalue weighted by Crippen LogP contribution is -2.57. The SMILES string of the molecule is Cc1c(N)cc(S(=O)(=O)NC2CN3CCC2CC3)cc1Cl. The summed E-state index contributed by atoms with van der Waals surface area (Å²) in [6.45, 7) is 4.71. The third-order valence-electron chi connectivity index (χ3n) is 4.63. The van der Waals surface area contributed by atoms with Gasteiger partial charge in [0.2, 0.25) is 10.0 Å². The van der Waals surface area contributed by atoms with E-state index in [1.807, 2.05) is 0 Å². The standard InChI is InChI=1S/C14H20ClN3O2S/c1-9-12(15)6-11(7-13(9)16)21(19,20)17-14-8-18-4-2-10(14)3-5-18/h6-7,10,14,17H,2-5,8,16H2,1H3. The first-order valence-corrected chi connectivity index (χ1v) is 9.03. The second kappa shape index (κ2) is 5.43. The molecule has 3 heterocycles. The lowest BCUT2D eigenvalue weighted by Gasteiger charge is -2.44. The van der Waals surface area contributed by atoms with Crippen LogP contribution in [0.1, 0.15) is 18.4 Å². The maximum Gasteiger partial charge on any atom is 0.240 e. The van der Waals surface area contributed by atoms with Crippen LogP contribution in [-0.4, -0.2) is 39.0 Å². The van der Waals surface area contributed by atoms with Gasteiger partial charge in [-0.15, -0.1) is 0 Å². The molecule has 0 spiro atoms. The quantitative estimate of drug-likeness (QED) is 0.826. The predicted octanol–water partition coefficient (Wildman–Crippen LogP) is 1.60. The highest BCUT2D eigenvalue weighted by molar-refractivity contribution is 7.89. The van der Waals surface area contributed by atoms with Gasteiger partial charge in [0.05, 0.1) is 4.90 Å². The van der Waals surface area contributed by atoms with Crippen LogP contribution in [0.4, 0.5) is 5.69 Å². The van der Waals surface area contributed by atoms with E-state index in [1.165, 1.54) is 12.1 Å². The Hall–Kier alpha value is -0.820. The lowest BCUT2D eigenvalue weighted by molar-refractivity contribution is 0.0827. The molecule has 0 radical (unpaired) electrons. The van der Waals surface area contributed by atoms with Crippen molar-refractivity contribution < 1.29 is 8.42 Å². The summed E-state index contributed by atoms with van der Waals surface area (Å²) in [5, 5.41) is 0.379. The zero-order chi connectivity index (χ0) is 15.2. The van der Waals surface area contributed by atoms with Gasteiger partial charge in [-0.25, -0.2) is 13.1 Å². The third kappa shape index (κ3) is 2.90. The molecule has 3 N–H and O–H groups in total. The van der Waals surface area contributed by atoms with E-state index in [0.717, 1.165) is 32.5 Å². The first-order valence-electron chi connectivity index (χ1n) is 7.17. The Morgan fingerprint density at radius 1 is 1.33 bits per heavy atom. The van der Waals surface area contributed by atoms with Crippen molar-refractivity contribution in [2.24, 2.45) is 5.92 Å². The molecule has 116 valence electrons. The zero-order valence-electron chi connectivity index (χ0n) is 12.0. The zero-order valence-corrected chi connectivity index (χ0v) is 13.5. The number of anilines is 1. The second-order valence-electron chi connectivity index (χ2n) is 5.99. The molecule has 21 heavy (non-hydrogen) atoms. The summed E-state index contributed by atoms with van der Waals surface area (Å²) < 4.78 is 27.9. The van der Waals surface area contributed by atoms with Crippen LogP contribution in [0, 0.1) is 12.8 Å². The summed E-state index contributed by atoms with van der Waals surface area (Å²) in [7, 11) is -3.59. The molecule has 0 aromatic heterocycles. The Labute approximate surface area is 130 Å². The number of nitrogens with one attached hydrogen (secondary N) is 1. The number of fused-ring (bicyclic) bond motifs is 3. The van der Waals surface area contributed by atoms with Gasteiger partial charge in [-0.2, -0.15) is 0 Å². The molecule has 4 rings (SSSR count). The lowest BCUT2D eigenvalue weighted by atomic mass is 9.85. The molecule has 3 fully saturated rings. The van der Waals surface area contributed by atoms with E-state index in [9.17, 15) is 8.42 Å². The van der Waals surface area contributed by atoms with E-state index in [-0.39, 0.29) is 10.9 Å². The minimum absolute atomic E-state index is 0.0150. The molecule has 1 aromatic rings. The van der Waals surface area contributed by atoms with Gasteiger partial charge in [-0.3, -0.25) is 0 Å². The van der Waals surface area contributed by atoms with Gasteiger partial charge in [-0.1, -0.05) is 11.6 Å². The molecule has 3 saturated heterocycles. The summed E-state index contributed by atoms with van der Waals surface area (Å²) >= 11 is 6.05. The van der Waals surface area contributed by atoms with Crippen molar-refractivity contribution in [1.82, 2.24) is 9.62 Å².